The van der Waals surface area contributed by atoms with Gasteiger partial charge in [0.1, 0.15) is 5.75 Å². The second-order valence-electron chi connectivity index (χ2n) is 3.84. The lowest BCUT2D eigenvalue weighted by molar-refractivity contribution is -0.111. The third-order valence-electron chi connectivity index (χ3n) is 2.39. The van der Waals surface area contributed by atoms with Crippen molar-refractivity contribution in [1.82, 2.24) is 4.31 Å². The number of sulfonamides is 1. The molecule has 0 saturated carbocycles. The van der Waals surface area contributed by atoms with E-state index in [1.54, 1.807) is 0 Å². The molecule has 1 rings (SSSR count). The van der Waals surface area contributed by atoms with Gasteiger partial charge in [-0.15, -0.1) is 0 Å². The Morgan fingerprint density at radius 3 is 2.53 bits per heavy atom. The van der Waals surface area contributed by atoms with Gasteiger partial charge in [-0.25, -0.2) is 12.7 Å². The maximum Gasteiger partial charge on any atom is 0.247 e. The van der Waals surface area contributed by atoms with E-state index in [0.29, 0.717) is 5.75 Å². The van der Waals surface area contributed by atoms with Crippen LogP contribution in [0.25, 0.3) is 0 Å². The van der Waals surface area contributed by atoms with Gasteiger partial charge in [-0.05, 0) is 24.3 Å². The third kappa shape index (κ3) is 3.33. The number of ether oxygens (including phenoxy) is 1. The van der Waals surface area contributed by atoms with Crippen LogP contribution in [0.3, 0.4) is 0 Å². The fourth-order valence-electron chi connectivity index (χ4n) is 1.34. The van der Waals surface area contributed by atoms with E-state index in [9.17, 15) is 13.2 Å². The van der Waals surface area contributed by atoms with Crippen LogP contribution >= 0.6 is 0 Å². The number of hydrogen-bond acceptors (Lipinski definition) is 4. The number of nitrogens with one attached hydrogen (secondary N) is 1. The standard InChI is InChI=1S/C12H16N2O4S/c1-5-12(15)13-10-8-9(6-7-11(10)18-4)19(16,17)14(2)3/h5-8H,1H2,2-4H3,(H,13,15). The second-order valence-corrected chi connectivity index (χ2v) is 5.99. The quantitative estimate of drug-likeness (QED) is 0.821. The average Bonchev–Trinajstić information content (AvgIpc) is 2.38. The lowest BCUT2D eigenvalue weighted by Gasteiger charge is -2.14. The number of benzene rings is 1. The van der Waals surface area contributed by atoms with Gasteiger partial charge in [-0.3, -0.25) is 4.79 Å². The fraction of sp³-hybridized carbons (Fsp3) is 0.250. The van der Waals surface area contributed by atoms with Crippen LogP contribution < -0.4 is 10.1 Å². The van der Waals surface area contributed by atoms with Crippen LogP contribution in [0, 0.1) is 0 Å². The Morgan fingerprint density at radius 2 is 2.05 bits per heavy atom. The molecule has 0 aliphatic heterocycles. The van der Waals surface area contributed by atoms with Crippen LogP contribution in [0.4, 0.5) is 5.69 Å². The number of methoxy groups -OCH3 is 1. The van der Waals surface area contributed by atoms with E-state index in [0.717, 1.165) is 10.4 Å². The van der Waals surface area contributed by atoms with Gasteiger partial charge >= 0.3 is 0 Å². The summed E-state index contributed by atoms with van der Waals surface area (Å²) in [5, 5.41) is 2.50. The second kappa shape index (κ2) is 5.85. The normalized spacial score (nSPS) is 11.2. The molecule has 104 valence electrons. The highest BCUT2D eigenvalue weighted by molar-refractivity contribution is 7.89. The van der Waals surface area contributed by atoms with Crippen molar-refractivity contribution in [3.05, 3.63) is 30.9 Å². The molecule has 0 aliphatic rings. The number of hydrogen-bond donors (Lipinski definition) is 1. The van der Waals surface area contributed by atoms with E-state index < -0.39 is 15.9 Å². The lowest BCUT2D eigenvalue weighted by Crippen LogP contribution is -2.22. The molecule has 1 amide bonds. The Labute approximate surface area is 112 Å². The highest BCUT2D eigenvalue weighted by Gasteiger charge is 2.19. The molecule has 1 N–H and O–H groups in total. The maximum atomic E-state index is 12.0. The van der Waals surface area contributed by atoms with Gasteiger partial charge in [0.2, 0.25) is 15.9 Å². The molecule has 0 bridgehead atoms. The van der Waals surface area contributed by atoms with Crippen LogP contribution in [0.5, 0.6) is 5.75 Å². The molecule has 0 spiro atoms. The first-order valence-electron chi connectivity index (χ1n) is 5.37. The number of carbonyl (C=O) groups excluding carboxylic acids is 1. The summed E-state index contributed by atoms with van der Waals surface area (Å²) >= 11 is 0. The van der Waals surface area contributed by atoms with Gasteiger partial charge < -0.3 is 10.1 Å². The number of rotatable bonds is 5. The minimum Gasteiger partial charge on any atom is -0.495 e. The summed E-state index contributed by atoms with van der Waals surface area (Å²) in [5.74, 6) is -0.0781. The molecule has 0 atom stereocenters. The molecule has 0 heterocycles. The molecule has 0 fully saturated rings. The van der Waals surface area contributed by atoms with Gasteiger partial charge in [-0.1, -0.05) is 6.58 Å². The summed E-state index contributed by atoms with van der Waals surface area (Å²) in [7, 11) is 0.728. The van der Waals surface area contributed by atoms with Gasteiger partial charge in [0.05, 0.1) is 17.7 Å². The van der Waals surface area contributed by atoms with Crippen LogP contribution in [0.15, 0.2) is 35.7 Å². The Kier molecular flexibility index (Phi) is 4.68. The summed E-state index contributed by atoms with van der Waals surface area (Å²) in [4.78, 5) is 11.4. The molecule has 0 aromatic heterocycles. The van der Waals surface area contributed by atoms with Crippen molar-refractivity contribution in [2.75, 3.05) is 26.5 Å². The molecule has 0 saturated heterocycles. The molecule has 1 aromatic rings. The maximum absolute atomic E-state index is 12.0. The fourth-order valence-corrected chi connectivity index (χ4v) is 2.27. The summed E-state index contributed by atoms with van der Waals surface area (Å²) < 4.78 is 30.1. The van der Waals surface area contributed by atoms with Crippen LogP contribution in [-0.4, -0.2) is 39.8 Å². The molecule has 0 unspecified atom stereocenters. The summed E-state index contributed by atoms with van der Waals surface area (Å²) in [6.07, 6.45) is 1.09. The molecule has 6 nitrogen and oxygen atoms in total. The van der Waals surface area contributed by atoms with Crippen molar-refractivity contribution in [1.29, 1.82) is 0 Å². The van der Waals surface area contributed by atoms with Crippen LogP contribution in [0.1, 0.15) is 0 Å². The zero-order valence-electron chi connectivity index (χ0n) is 11.0. The zero-order chi connectivity index (χ0) is 14.6. The Morgan fingerprint density at radius 1 is 1.42 bits per heavy atom. The van der Waals surface area contributed by atoms with E-state index in [4.69, 9.17) is 4.74 Å². The first-order chi connectivity index (χ1) is 8.82. The highest BCUT2D eigenvalue weighted by Crippen LogP contribution is 2.28. The Balaban J connectivity index is 3.30. The highest BCUT2D eigenvalue weighted by atomic mass is 32.2. The zero-order valence-corrected chi connectivity index (χ0v) is 11.8. The third-order valence-corrected chi connectivity index (χ3v) is 4.20. The van der Waals surface area contributed by atoms with Gasteiger partial charge in [-0.2, -0.15) is 0 Å². The number of anilines is 1. The minimum absolute atomic E-state index is 0.0673. The van der Waals surface area contributed by atoms with Gasteiger partial charge in [0.25, 0.3) is 0 Å². The van der Waals surface area contributed by atoms with E-state index >= 15 is 0 Å². The molecule has 0 aliphatic carbocycles. The first-order valence-corrected chi connectivity index (χ1v) is 6.81. The van der Waals surface area contributed by atoms with E-state index in [1.807, 2.05) is 0 Å². The smallest absolute Gasteiger partial charge is 0.247 e. The van der Waals surface area contributed by atoms with E-state index in [-0.39, 0.29) is 10.6 Å². The lowest BCUT2D eigenvalue weighted by atomic mass is 10.3. The minimum atomic E-state index is -3.57. The molecule has 19 heavy (non-hydrogen) atoms. The molecular weight excluding hydrogens is 268 g/mol. The van der Waals surface area contributed by atoms with Crippen LogP contribution in [0.2, 0.25) is 0 Å². The molecule has 1 aromatic carbocycles. The Hall–Kier alpha value is -1.86. The van der Waals surface area contributed by atoms with Crippen molar-refractivity contribution < 1.29 is 17.9 Å². The van der Waals surface area contributed by atoms with Gasteiger partial charge in [0.15, 0.2) is 0 Å². The number of carbonyl (C=O) groups is 1. The van der Waals surface area contributed by atoms with E-state index in [2.05, 4.69) is 11.9 Å². The van der Waals surface area contributed by atoms with Gasteiger partial charge in [0, 0.05) is 14.1 Å². The van der Waals surface area contributed by atoms with Crippen molar-refractivity contribution in [3.63, 3.8) is 0 Å². The summed E-state index contributed by atoms with van der Waals surface area (Å²) in [6, 6.07) is 4.24. The Bertz CT molecular complexity index is 594. The van der Waals surface area contributed by atoms with Crippen LogP contribution in [-0.2, 0) is 14.8 Å². The largest absolute Gasteiger partial charge is 0.495 e. The SMILES string of the molecule is C=CC(=O)Nc1cc(S(=O)(=O)N(C)C)ccc1OC. The predicted octanol–water partition coefficient (Wildman–Crippen LogP) is 1.07. The molecule has 7 heteroatoms. The average molecular weight is 284 g/mol. The summed E-state index contributed by atoms with van der Waals surface area (Å²) in [5.41, 5.74) is 0.273. The summed E-state index contributed by atoms with van der Waals surface area (Å²) in [6.45, 7) is 3.33. The van der Waals surface area contributed by atoms with Crippen molar-refractivity contribution in [3.8, 4) is 5.75 Å². The topological polar surface area (TPSA) is 75.7 Å². The molecule has 0 radical (unpaired) electrons. The predicted molar refractivity (Wildman–Crippen MR) is 72.7 cm³/mol. The molecular formula is C12H16N2O4S. The monoisotopic (exact) mass is 284 g/mol. The first kappa shape index (κ1) is 15.2. The van der Waals surface area contributed by atoms with Crippen molar-refractivity contribution in [2.24, 2.45) is 0 Å². The van der Waals surface area contributed by atoms with Crippen molar-refractivity contribution >= 4 is 21.6 Å². The van der Waals surface area contributed by atoms with Crippen molar-refractivity contribution in [2.45, 2.75) is 4.90 Å². The number of nitrogens with zero attached hydrogens (tertiary/aromatic N) is 1. The van der Waals surface area contributed by atoms with E-state index in [1.165, 1.54) is 39.4 Å². The number of amides is 1.